The van der Waals surface area contributed by atoms with Gasteiger partial charge >= 0.3 is 0 Å². The van der Waals surface area contributed by atoms with Gasteiger partial charge in [-0.2, -0.15) is 0 Å². The number of benzene rings is 1. The highest BCUT2D eigenvalue weighted by atomic mass is 35.5. The lowest BCUT2D eigenvalue weighted by Gasteiger charge is -2.23. The number of hydrogen-bond donors (Lipinski definition) is 3. The van der Waals surface area contributed by atoms with Crippen LogP contribution in [0.3, 0.4) is 0 Å². The van der Waals surface area contributed by atoms with E-state index in [0.717, 1.165) is 6.42 Å². The van der Waals surface area contributed by atoms with Crippen molar-refractivity contribution in [2.45, 2.75) is 46.6 Å². The molecule has 0 aliphatic heterocycles. The fourth-order valence-corrected chi connectivity index (χ4v) is 2.49. The lowest BCUT2D eigenvalue weighted by atomic mass is 10.1. The van der Waals surface area contributed by atoms with Crippen molar-refractivity contribution in [1.29, 1.82) is 0 Å². The van der Waals surface area contributed by atoms with Crippen LogP contribution in [0.4, 0.5) is 0 Å². The number of carbonyl (C=O) groups excluding carboxylic acids is 1. The van der Waals surface area contributed by atoms with E-state index in [4.69, 9.17) is 33.3 Å². The second-order valence-electron chi connectivity index (χ2n) is 6.35. The van der Waals surface area contributed by atoms with Crippen molar-refractivity contribution in [2.75, 3.05) is 13.2 Å². The molecule has 0 heterocycles. The minimum absolute atomic E-state index is 0.210. The van der Waals surface area contributed by atoms with E-state index in [9.17, 15) is 4.79 Å². The van der Waals surface area contributed by atoms with Crippen molar-refractivity contribution in [2.24, 2.45) is 0 Å². The predicted molar refractivity (Wildman–Crippen MR) is 104 cm³/mol. The van der Waals surface area contributed by atoms with Gasteiger partial charge in [0, 0.05) is 11.1 Å². The summed E-state index contributed by atoms with van der Waals surface area (Å²) in [5, 5.41) is 3.67. The van der Waals surface area contributed by atoms with E-state index in [1.807, 2.05) is 34.6 Å². The molecule has 3 N–H and O–H groups in total. The summed E-state index contributed by atoms with van der Waals surface area (Å²) in [6.45, 7) is 10.7. The van der Waals surface area contributed by atoms with E-state index in [2.05, 4.69) is 16.2 Å². The van der Waals surface area contributed by atoms with E-state index in [0.29, 0.717) is 40.4 Å². The van der Waals surface area contributed by atoms with E-state index < -0.39 is 0 Å². The molecule has 8 heteroatoms. The largest absolute Gasteiger partial charge is 0.490 e. The fraction of sp³-hybridized carbons (Fsp3) is 0.529. The summed E-state index contributed by atoms with van der Waals surface area (Å²) in [4.78, 5) is 12.3. The van der Waals surface area contributed by atoms with Gasteiger partial charge in [0.25, 0.3) is 5.91 Å². The third-order valence-corrected chi connectivity index (χ3v) is 3.29. The zero-order valence-electron chi connectivity index (χ0n) is 15.3. The number of amides is 1. The number of rotatable bonds is 6. The van der Waals surface area contributed by atoms with E-state index in [1.54, 1.807) is 6.07 Å². The Hall–Kier alpha value is -1.73. The Kier molecular flexibility index (Phi) is 8.25. The first kappa shape index (κ1) is 21.3. The molecule has 1 rings (SSSR count). The lowest BCUT2D eigenvalue weighted by molar-refractivity contribution is 0.0942. The third kappa shape index (κ3) is 7.36. The SMILES string of the molecule is CCCOc1c(Cl)cc(C(=O)NNC(=S)NC(C)(C)C)cc1OCC. The van der Waals surface area contributed by atoms with Crippen molar-refractivity contribution in [3.05, 3.63) is 22.7 Å². The molecule has 6 nitrogen and oxygen atoms in total. The molecule has 0 saturated heterocycles. The molecule has 0 aromatic heterocycles. The molecule has 1 aromatic carbocycles. The van der Waals surface area contributed by atoms with Crippen LogP contribution in [0.25, 0.3) is 0 Å². The molecule has 0 fully saturated rings. The molecule has 1 amide bonds. The Morgan fingerprint density at radius 1 is 1.20 bits per heavy atom. The van der Waals surface area contributed by atoms with Crippen molar-refractivity contribution in [1.82, 2.24) is 16.2 Å². The molecule has 0 radical (unpaired) electrons. The predicted octanol–water partition coefficient (Wildman–Crippen LogP) is 3.43. The molecule has 0 saturated carbocycles. The Morgan fingerprint density at radius 3 is 2.44 bits per heavy atom. The van der Waals surface area contributed by atoms with Crippen LogP contribution in [0.5, 0.6) is 11.5 Å². The molecule has 0 aliphatic rings. The first-order valence-electron chi connectivity index (χ1n) is 8.15. The minimum atomic E-state index is -0.386. The zero-order valence-corrected chi connectivity index (χ0v) is 16.9. The van der Waals surface area contributed by atoms with E-state index in [1.165, 1.54) is 6.07 Å². The summed E-state index contributed by atoms with van der Waals surface area (Å²) in [5.74, 6) is 0.492. The van der Waals surface area contributed by atoms with E-state index in [-0.39, 0.29) is 11.4 Å². The van der Waals surface area contributed by atoms with Gasteiger partial charge in [-0.05, 0) is 58.5 Å². The molecule has 1 aromatic rings. The number of hydrogen-bond acceptors (Lipinski definition) is 4. The first-order chi connectivity index (χ1) is 11.7. The van der Waals surface area contributed by atoms with Crippen LogP contribution in [-0.4, -0.2) is 29.8 Å². The smallest absolute Gasteiger partial charge is 0.269 e. The molecule has 0 spiro atoms. The highest BCUT2D eigenvalue weighted by molar-refractivity contribution is 7.80. The van der Waals surface area contributed by atoms with E-state index >= 15 is 0 Å². The van der Waals surface area contributed by atoms with Crippen LogP contribution >= 0.6 is 23.8 Å². The average Bonchev–Trinajstić information content (AvgIpc) is 2.50. The number of halogens is 1. The maximum Gasteiger partial charge on any atom is 0.269 e. The number of carbonyl (C=O) groups is 1. The maximum atomic E-state index is 12.3. The molecule has 0 unspecified atom stereocenters. The fourth-order valence-electron chi connectivity index (χ4n) is 1.86. The lowest BCUT2D eigenvalue weighted by Crippen LogP contribution is -2.52. The van der Waals surface area contributed by atoms with Gasteiger partial charge in [0.05, 0.1) is 18.2 Å². The second kappa shape index (κ2) is 9.68. The van der Waals surface area contributed by atoms with Crippen LogP contribution in [0, 0.1) is 0 Å². The van der Waals surface area contributed by atoms with Crippen LogP contribution in [0.1, 0.15) is 51.4 Å². The van der Waals surface area contributed by atoms with Crippen LogP contribution < -0.4 is 25.6 Å². The highest BCUT2D eigenvalue weighted by Crippen LogP contribution is 2.36. The molecular weight excluding hydrogens is 362 g/mol. The summed E-state index contributed by atoms with van der Waals surface area (Å²) in [6, 6.07) is 3.13. The Bertz CT molecular complexity index is 618. The summed E-state index contributed by atoms with van der Waals surface area (Å²) >= 11 is 11.4. The quantitative estimate of drug-likeness (QED) is 0.513. The van der Waals surface area contributed by atoms with Gasteiger partial charge in [-0.15, -0.1) is 0 Å². The maximum absolute atomic E-state index is 12.3. The van der Waals surface area contributed by atoms with Crippen molar-refractivity contribution in [3.8, 4) is 11.5 Å². The zero-order chi connectivity index (χ0) is 19.0. The Balaban J connectivity index is 2.86. The third-order valence-electron chi connectivity index (χ3n) is 2.80. The van der Waals surface area contributed by atoms with Gasteiger partial charge in [0.1, 0.15) is 0 Å². The van der Waals surface area contributed by atoms with Gasteiger partial charge in [-0.1, -0.05) is 18.5 Å². The van der Waals surface area contributed by atoms with Crippen molar-refractivity contribution < 1.29 is 14.3 Å². The number of thiocarbonyl (C=S) groups is 1. The summed E-state index contributed by atoms with van der Waals surface area (Å²) < 4.78 is 11.2. The number of ether oxygens (including phenoxy) is 2. The number of nitrogens with one attached hydrogen (secondary N) is 3. The Morgan fingerprint density at radius 2 is 1.88 bits per heavy atom. The summed E-state index contributed by atoms with van der Waals surface area (Å²) in [6.07, 6.45) is 0.840. The van der Waals surface area contributed by atoms with Crippen LogP contribution in [0.2, 0.25) is 5.02 Å². The number of hydrazine groups is 1. The minimum Gasteiger partial charge on any atom is -0.490 e. The normalized spacial score (nSPS) is 10.8. The van der Waals surface area contributed by atoms with Gasteiger partial charge in [-0.25, -0.2) is 0 Å². The second-order valence-corrected chi connectivity index (χ2v) is 7.17. The van der Waals surface area contributed by atoms with Gasteiger partial charge in [-0.3, -0.25) is 15.6 Å². The highest BCUT2D eigenvalue weighted by Gasteiger charge is 2.17. The molecule has 140 valence electrons. The molecule has 0 aliphatic carbocycles. The van der Waals surface area contributed by atoms with Crippen LogP contribution in [0.15, 0.2) is 12.1 Å². The van der Waals surface area contributed by atoms with Gasteiger partial charge < -0.3 is 14.8 Å². The topological polar surface area (TPSA) is 71.6 Å². The van der Waals surface area contributed by atoms with Gasteiger partial charge in [0.2, 0.25) is 0 Å². The molecule has 0 atom stereocenters. The van der Waals surface area contributed by atoms with Gasteiger partial charge in [0.15, 0.2) is 16.6 Å². The first-order valence-corrected chi connectivity index (χ1v) is 8.94. The Labute approximate surface area is 159 Å². The molecular formula is C17H26ClN3O3S. The average molecular weight is 388 g/mol. The monoisotopic (exact) mass is 387 g/mol. The van der Waals surface area contributed by atoms with Crippen LogP contribution in [-0.2, 0) is 0 Å². The summed E-state index contributed by atoms with van der Waals surface area (Å²) in [5.41, 5.74) is 5.32. The summed E-state index contributed by atoms with van der Waals surface area (Å²) in [7, 11) is 0. The molecule has 25 heavy (non-hydrogen) atoms. The van der Waals surface area contributed by atoms with Crippen molar-refractivity contribution in [3.63, 3.8) is 0 Å². The molecule has 0 bridgehead atoms. The van der Waals surface area contributed by atoms with Crippen molar-refractivity contribution >= 4 is 34.8 Å². The standard InChI is InChI=1S/C17H26ClN3O3S/c1-6-8-24-14-12(18)9-11(10-13(14)23-7-2)15(22)20-21-16(25)19-17(3,4)5/h9-10H,6-8H2,1-5H3,(H,20,22)(H2,19,21,25).